The third kappa shape index (κ3) is 3.19. The fourth-order valence-corrected chi connectivity index (χ4v) is 2.01. The van der Waals surface area contributed by atoms with Gasteiger partial charge in [0.15, 0.2) is 5.84 Å². The first-order valence-corrected chi connectivity index (χ1v) is 6.46. The summed E-state index contributed by atoms with van der Waals surface area (Å²) in [6.45, 7) is 4.78. The van der Waals surface area contributed by atoms with Crippen LogP contribution in [-0.2, 0) is 6.54 Å². The Bertz CT molecular complexity index is 591. The molecule has 2 aromatic rings. The summed E-state index contributed by atoms with van der Waals surface area (Å²) in [6.07, 6.45) is 1.67. The number of rotatable bonds is 5. The molecule has 1 heterocycles. The molecule has 4 N–H and O–H groups in total. The zero-order valence-electron chi connectivity index (χ0n) is 11.6. The third-order valence-electron chi connectivity index (χ3n) is 3.31. The van der Waals surface area contributed by atoms with E-state index in [0.717, 1.165) is 23.4 Å². The number of nitrogens with two attached hydrogens (primary N) is 1. The van der Waals surface area contributed by atoms with Gasteiger partial charge >= 0.3 is 0 Å². The Morgan fingerprint density at radius 1 is 1.45 bits per heavy atom. The van der Waals surface area contributed by atoms with E-state index in [1.54, 1.807) is 6.26 Å². The van der Waals surface area contributed by atoms with Crippen molar-refractivity contribution in [2.24, 2.45) is 10.9 Å². The van der Waals surface area contributed by atoms with Crippen molar-refractivity contribution in [2.75, 3.05) is 0 Å². The van der Waals surface area contributed by atoms with Crippen LogP contribution in [0.15, 0.2) is 46.2 Å². The van der Waals surface area contributed by atoms with Crippen LogP contribution >= 0.6 is 0 Å². The molecular formula is C15H19N3O2. The van der Waals surface area contributed by atoms with Crippen LogP contribution in [0.5, 0.6) is 0 Å². The van der Waals surface area contributed by atoms with E-state index in [0.29, 0.717) is 5.56 Å². The van der Waals surface area contributed by atoms with Crippen LogP contribution in [0.25, 0.3) is 0 Å². The van der Waals surface area contributed by atoms with Crippen LogP contribution < -0.4 is 11.1 Å². The maximum Gasteiger partial charge on any atom is 0.170 e. The number of nitrogens with one attached hydrogen (secondary N) is 1. The molecule has 1 unspecified atom stereocenters. The number of benzene rings is 1. The molecule has 0 spiro atoms. The standard InChI is InChI=1S/C15H19N3O2/c1-10-8-12(15(16)18-19)5-6-13(10)9-17-11(2)14-4-3-7-20-14/h3-8,11,17,19H,9H2,1-2H3,(H2,16,18). The maximum absolute atomic E-state index is 8.67. The van der Waals surface area contributed by atoms with Gasteiger partial charge in [-0.05, 0) is 43.2 Å². The average Bonchev–Trinajstić information content (AvgIpc) is 2.99. The third-order valence-corrected chi connectivity index (χ3v) is 3.31. The number of oxime groups is 1. The molecule has 2 rings (SSSR count). The van der Waals surface area contributed by atoms with Gasteiger partial charge in [0.2, 0.25) is 0 Å². The largest absolute Gasteiger partial charge is 0.468 e. The van der Waals surface area contributed by atoms with Gasteiger partial charge in [0, 0.05) is 12.1 Å². The molecule has 0 amide bonds. The van der Waals surface area contributed by atoms with E-state index < -0.39 is 0 Å². The highest BCUT2D eigenvalue weighted by molar-refractivity contribution is 5.97. The SMILES string of the molecule is Cc1cc(/C(N)=N/O)ccc1CNC(C)c1ccco1. The van der Waals surface area contributed by atoms with Gasteiger partial charge in [-0.3, -0.25) is 0 Å². The topological polar surface area (TPSA) is 83.8 Å². The van der Waals surface area contributed by atoms with Crippen LogP contribution in [-0.4, -0.2) is 11.0 Å². The average molecular weight is 273 g/mol. The van der Waals surface area contributed by atoms with Crippen LogP contribution in [0, 0.1) is 6.92 Å². The zero-order chi connectivity index (χ0) is 14.5. The van der Waals surface area contributed by atoms with E-state index >= 15 is 0 Å². The number of amidine groups is 1. The quantitative estimate of drug-likeness (QED) is 0.338. The normalized spacial score (nSPS) is 13.4. The summed E-state index contributed by atoms with van der Waals surface area (Å²) in [6, 6.07) is 9.70. The predicted octanol–water partition coefficient (Wildman–Crippen LogP) is 2.53. The highest BCUT2D eigenvalue weighted by Crippen LogP contribution is 2.15. The first-order valence-electron chi connectivity index (χ1n) is 6.46. The van der Waals surface area contributed by atoms with Crippen molar-refractivity contribution in [1.29, 1.82) is 0 Å². The minimum Gasteiger partial charge on any atom is -0.468 e. The Hall–Kier alpha value is -2.27. The summed E-state index contributed by atoms with van der Waals surface area (Å²) in [7, 11) is 0. The lowest BCUT2D eigenvalue weighted by Gasteiger charge is -2.13. The molecule has 1 aromatic carbocycles. The molecule has 0 saturated heterocycles. The maximum atomic E-state index is 8.67. The Balaban J connectivity index is 2.03. The number of furan rings is 1. The van der Waals surface area contributed by atoms with E-state index in [9.17, 15) is 0 Å². The van der Waals surface area contributed by atoms with Crippen molar-refractivity contribution in [2.45, 2.75) is 26.4 Å². The molecule has 106 valence electrons. The Labute approximate surface area is 118 Å². The van der Waals surface area contributed by atoms with E-state index in [2.05, 4.69) is 17.4 Å². The predicted molar refractivity (Wildman–Crippen MR) is 77.7 cm³/mol. The Morgan fingerprint density at radius 3 is 2.85 bits per heavy atom. The summed E-state index contributed by atoms with van der Waals surface area (Å²) >= 11 is 0. The first-order chi connectivity index (χ1) is 9.61. The van der Waals surface area contributed by atoms with Crippen molar-refractivity contribution < 1.29 is 9.62 Å². The van der Waals surface area contributed by atoms with Crippen LogP contribution in [0.1, 0.15) is 35.4 Å². The molecule has 0 fully saturated rings. The minimum absolute atomic E-state index is 0.122. The van der Waals surface area contributed by atoms with Gasteiger partial charge in [0.1, 0.15) is 5.76 Å². The summed E-state index contributed by atoms with van der Waals surface area (Å²) in [5.74, 6) is 1.03. The zero-order valence-corrected chi connectivity index (χ0v) is 11.6. The summed E-state index contributed by atoms with van der Waals surface area (Å²) in [5.41, 5.74) is 8.54. The minimum atomic E-state index is 0.122. The number of nitrogens with zero attached hydrogens (tertiary/aromatic N) is 1. The first kappa shape index (κ1) is 14.1. The molecule has 5 nitrogen and oxygen atoms in total. The van der Waals surface area contributed by atoms with Crippen LogP contribution in [0.2, 0.25) is 0 Å². The van der Waals surface area contributed by atoms with Crippen LogP contribution in [0.3, 0.4) is 0 Å². The number of aryl methyl sites for hydroxylation is 1. The van der Waals surface area contributed by atoms with Crippen molar-refractivity contribution in [3.63, 3.8) is 0 Å². The van der Waals surface area contributed by atoms with Crippen molar-refractivity contribution >= 4 is 5.84 Å². The van der Waals surface area contributed by atoms with E-state index in [-0.39, 0.29) is 11.9 Å². The summed E-state index contributed by atoms with van der Waals surface area (Å²) in [5, 5.41) is 15.1. The molecule has 0 radical (unpaired) electrons. The van der Waals surface area contributed by atoms with Gasteiger partial charge in [-0.25, -0.2) is 0 Å². The van der Waals surface area contributed by atoms with Crippen molar-refractivity contribution in [3.8, 4) is 0 Å². The fourth-order valence-electron chi connectivity index (χ4n) is 2.01. The molecule has 5 heteroatoms. The van der Waals surface area contributed by atoms with Gasteiger partial charge in [0.25, 0.3) is 0 Å². The Morgan fingerprint density at radius 2 is 2.25 bits per heavy atom. The van der Waals surface area contributed by atoms with E-state index in [1.165, 1.54) is 0 Å². The monoisotopic (exact) mass is 273 g/mol. The van der Waals surface area contributed by atoms with Crippen LogP contribution in [0.4, 0.5) is 0 Å². The van der Waals surface area contributed by atoms with Gasteiger partial charge in [-0.2, -0.15) is 0 Å². The molecule has 1 atom stereocenters. The molecule has 0 bridgehead atoms. The molecule has 0 saturated carbocycles. The lowest BCUT2D eigenvalue weighted by Crippen LogP contribution is -2.19. The van der Waals surface area contributed by atoms with Gasteiger partial charge < -0.3 is 20.7 Å². The smallest absolute Gasteiger partial charge is 0.170 e. The molecule has 20 heavy (non-hydrogen) atoms. The van der Waals surface area contributed by atoms with E-state index in [1.807, 2.05) is 37.3 Å². The van der Waals surface area contributed by atoms with Gasteiger partial charge in [0.05, 0.1) is 12.3 Å². The van der Waals surface area contributed by atoms with Crippen molar-refractivity contribution in [1.82, 2.24) is 5.32 Å². The second-order valence-corrected chi connectivity index (χ2v) is 4.74. The molecule has 1 aromatic heterocycles. The second kappa shape index (κ2) is 6.25. The van der Waals surface area contributed by atoms with E-state index in [4.69, 9.17) is 15.4 Å². The molecule has 0 aliphatic rings. The van der Waals surface area contributed by atoms with Gasteiger partial charge in [-0.15, -0.1) is 0 Å². The number of hydrogen-bond donors (Lipinski definition) is 3. The highest BCUT2D eigenvalue weighted by Gasteiger charge is 2.09. The summed E-state index contributed by atoms with van der Waals surface area (Å²) < 4.78 is 5.36. The summed E-state index contributed by atoms with van der Waals surface area (Å²) in [4.78, 5) is 0. The second-order valence-electron chi connectivity index (χ2n) is 4.74. The Kier molecular flexibility index (Phi) is 4.42. The fraction of sp³-hybridized carbons (Fsp3) is 0.267. The highest BCUT2D eigenvalue weighted by atomic mass is 16.4. The van der Waals surface area contributed by atoms with Gasteiger partial charge in [-0.1, -0.05) is 17.3 Å². The molecular weight excluding hydrogens is 254 g/mol. The lowest BCUT2D eigenvalue weighted by atomic mass is 10.0. The molecule has 0 aliphatic heterocycles. The molecule has 0 aliphatic carbocycles. The van der Waals surface area contributed by atoms with Crippen molar-refractivity contribution in [3.05, 3.63) is 59.0 Å². The lowest BCUT2D eigenvalue weighted by molar-refractivity contribution is 0.318. The number of hydrogen-bond acceptors (Lipinski definition) is 4.